The molecular formula is C13H22N2. The van der Waals surface area contributed by atoms with Crippen LogP contribution in [0.1, 0.15) is 26.2 Å². The molecule has 0 aliphatic carbocycles. The zero-order valence-electron chi connectivity index (χ0n) is 10.1. The second-order valence-corrected chi connectivity index (χ2v) is 3.93. The van der Waals surface area contributed by atoms with Gasteiger partial charge < -0.3 is 10.2 Å². The Balaban J connectivity index is 2.52. The predicted octanol–water partition coefficient (Wildman–Crippen LogP) is 3.35. The average molecular weight is 206 g/mol. The molecule has 2 heteroatoms. The molecule has 0 fully saturated rings. The number of benzene rings is 1. The van der Waals surface area contributed by atoms with Gasteiger partial charge in [-0.05, 0) is 24.6 Å². The van der Waals surface area contributed by atoms with Crippen molar-refractivity contribution in [1.82, 2.24) is 0 Å². The van der Waals surface area contributed by atoms with Crippen LogP contribution in [0.2, 0.25) is 0 Å². The van der Waals surface area contributed by atoms with Crippen LogP contribution in [0.5, 0.6) is 0 Å². The van der Waals surface area contributed by atoms with Crippen LogP contribution in [0, 0.1) is 0 Å². The highest BCUT2D eigenvalue weighted by Crippen LogP contribution is 2.18. The molecule has 0 heterocycles. The van der Waals surface area contributed by atoms with E-state index in [0.29, 0.717) is 0 Å². The Bertz CT molecular complexity index is 284. The highest BCUT2D eigenvalue weighted by molar-refractivity contribution is 5.57. The van der Waals surface area contributed by atoms with Gasteiger partial charge in [-0.15, -0.1) is 0 Å². The zero-order chi connectivity index (χ0) is 11.1. The summed E-state index contributed by atoms with van der Waals surface area (Å²) in [6.07, 6.45) is 3.87. The highest BCUT2D eigenvalue weighted by Gasteiger charge is 2.00. The molecule has 1 aromatic rings. The molecule has 2 nitrogen and oxygen atoms in total. The molecule has 1 rings (SSSR count). The molecule has 0 unspecified atom stereocenters. The Kier molecular flexibility index (Phi) is 5.02. The third-order valence-electron chi connectivity index (χ3n) is 2.67. The third-order valence-corrected chi connectivity index (χ3v) is 2.67. The molecule has 1 aromatic carbocycles. The van der Waals surface area contributed by atoms with E-state index in [0.717, 1.165) is 6.54 Å². The fourth-order valence-electron chi connectivity index (χ4n) is 1.63. The van der Waals surface area contributed by atoms with Crippen molar-refractivity contribution >= 4 is 11.4 Å². The van der Waals surface area contributed by atoms with Crippen molar-refractivity contribution in [3.05, 3.63) is 24.3 Å². The lowest BCUT2D eigenvalue weighted by molar-refractivity contribution is 0.705. The van der Waals surface area contributed by atoms with E-state index >= 15 is 0 Å². The maximum atomic E-state index is 3.16. The molecule has 0 bridgehead atoms. The van der Waals surface area contributed by atoms with Crippen molar-refractivity contribution in [2.75, 3.05) is 30.9 Å². The normalized spacial score (nSPS) is 10.1. The van der Waals surface area contributed by atoms with E-state index in [1.54, 1.807) is 0 Å². The standard InChI is InChI=1S/C13H22N2/c1-4-5-6-10-15(3)13-9-7-8-12(11-13)14-2/h7-9,11,14H,4-6,10H2,1-3H3. The van der Waals surface area contributed by atoms with Crippen LogP contribution < -0.4 is 10.2 Å². The summed E-state index contributed by atoms with van der Waals surface area (Å²) in [6.45, 7) is 3.38. The summed E-state index contributed by atoms with van der Waals surface area (Å²) in [4.78, 5) is 2.32. The number of rotatable bonds is 6. The number of nitrogens with one attached hydrogen (secondary N) is 1. The van der Waals surface area contributed by atoms with E-state index in [1.807, 2.05) is 7.05 Å². The minimum atomic E-state index is 1.14. The SMILES string of the molecule is CCCCCN(C)c1cccc(NC)c1. The number of hydrogen-bond acceptors (Lipinski definition) is 2. The minimum absolute atomic E-state index is 1.14. The first-order valence-electron chi connectivity index (χ1n) is 5.77. The van der Waals surface area contributed by atoms with E-state index in [2.05, 4.69) is 48.5 Å². The van der Waals surface area contributed by atoms with Gasteiger partial charge in [-0.25, -0.2) is 0 Å². The minimum Gasteiger partial charge on any atom is -0.388 e. The van der Waals surface area contributed by atoms with E-state index in [9.17, 15) is 0 Å². The molecule has 0 saturated heterocycles. The van der Waals surface area contributed by atoms with E-state index in [-0.39, 0.29) is 0 Å². The first kappa shape index (κ1) is 11.9. The molecular weight excluding hydrogens is 184 g/mol. The third kappa shape index (κ3) is 3.82. The molecule has 0 aliphatic rings. The van der Waals surface area contributed by atoms with Crippen molar-refractivity contribution in [3.63, 3.8) is 0 Å². The van der Waals surface area contributed by atoms with Gasteiger partial charge in [-0.3, -0.25) is 0 Å². The highest BCUT2D eigenvalue weighted by atomic mass is 15.1. The van der Waals surface area contributed by atoms with Gasteiger partial charge in [-0.1, -0.05) is 25.8 Å². The monoisotopic (exact) mass is 206 g/mol. The van der Waals surface area contributed by atoms with Gasteiger partial charge >= 0.3 is 0 Å². The van der Waals surface area contributed by atoms with Crippen molar-refractivity contribution in [2.24, 2.45) is 0 Å². The van der Waals surface area contributed by atoms with E-state index < -0.39 is 0 Å². The van der Waals surface area contributed by atoms with Crippen molar-refractivity contribution in [3.8, 4) is 0 Å². The Labute approximate surface area is 93.3 Å². The quantitative estimate of drug-likeness (QED) is 0.718. The lowest BCUT2D eigenvalue weighted by Crippen LogP contribution is -2.18. The number of nitrogens with zero attached hydrogens (tertiary/aromatic N) is 1. The van der Waals surface area contributed by atoms with Crippen LogP contribution >= 0.6 is 0 Å². The van der Waals surface area contributed by atoms with Gasteiger partial charge in [0.25, 0.3) is 0 Å². The van der Waals surface area contributed by atoms with Gasteiger partial charge in [0.2, 0.25) is 0 Å². The topological polar surface area (TPSA) is 15.3 Å². The molecule has 0 saturated carbocycles. The van der Waals surface area contributed by atoms with Crippen LogP contribution in [-0.4, -0.2) is 20.6 Å². The van der Waals surface area contributed by atoms with Crippen molar-refractivity contribution < 1.29 is 0 Å². The molecule has 0 amide bonds. The lowest BCUT2D eigenvalue weighted by atomic mass is 10.2. The molecule has 84 valence electrons. The maximum absolute atomic E-state index is 3.16. The second kappa shape index (κ2) is 6.33. The lowest BCUT2D eigenvalue weighted by Gasteiger charge is -2.19. The number of unbranched alkanes of at least 4 members (excludes halogenated alkanes) is 2. The maximum Gasteiger partial charge on any atom is 0.0384 e. The van der Waals surface area contributed by atoms with Gasteiger partial charge in [0.05, 0.1) is 0 Å². The summed E-state index contributed by atoms with van der Waals surface area (Å²) in [7, 11) is 4.11. The summed E-state index contributed by atoms with van der Waals surface area (Å²) in [6, 6.07) is 8.53. The first-order chi connectivity index (χ1) is 7.27. The second-order valence-electron chi connectivity index (χ2n) is 3.93. The van der Waals surface area contributed by atoms with Crippen LogP contribution in [0.3, 0.4) is 0 Å². The summed E-state index contributed by atoms with van der Waals surface area (Å²) in [5, 5.41) is 3.16. The Morgan fingerprint density at radius 3 is 2.73 bits per heavy atom. The molecule has 0 aromatic heterocycles. The molecule has 0 atom stereocenters. The Morgan fingerprint density at radius 1 is 1.27 bits per heavy atom. The van der Waals surface area contributed by atoms with Crippen molar-refractivity contribution in [2.45, 2.75) is 26.2 Å². The predicted molar refractivity (Wildman–Crippen MR) is 68.8 cm³/mol. The fourth-order valence-corrected chi connectivity index (χ4v) is 1.63. The molecule has 1 N–H and O–H groups in total. The van der Waals surface area contributed by atoms with Gasteiger partial charge in [-0.2, -0.15) is 0 Å². The van der Waals surface area contributed by atoms with Gasteiger partial charge in [0, 0.05) is 32.0 Å². The van der Waals surface area contributed by atoms with E-state index in [1.165, 1.54) is 30.6 Å². The molecule has 0 spiro atoms. The summed E-state index contributed by atoms with van der Waals surface area (Å²) in [5.74, 6) is 0. The summed E-state index contributed by atoms with van der Waals surface area (Å²) in [5.41, 5.74) is 2.47. The zero-order valence-corrected chi connectivity index (χ0v) is 10.1. The first-order valence-corrected chi connectivity index (χ1v) is 5.77. The van der Waals surface area contributed by atoms with Gasteiger partial charge in [0.15, 0.2) is 0 Å². The van der Waals surface area contributed by atoms with E-state index in [4.69, 9.17) is 0 Å². The largest absolute Gasteiger partial charge is 0.388 e. The van der Waals surface area contributed by atoms with Crippen LogP contribution in [0.25, 0.3) is 0 Å². The summed E-state index contributed by atoms with van der Waals surface area (Å²) < 4.78 is 0. The molecule has 0 radical (unpaired) electrons. The Morgan fingerprint density at radius 2 is 2.07 bits per heavy atom. The van der Waals surface area contributed by atoms with Crippen molar-refractivity contribution in [1.29, 1.82) is 0 Å². The molecule has 0 aliphatic heterocycles. The Hall–Kier alpha value is -1.18. The summed E-state index contributed by atoms with van der Waals surface area (Å²) >= 11 is 0. The van der Waals surface area contributed by atoms with Gasteiger partial charge in [0.1, 0.15) is 0 Å². The average Bonchev–Trinajstić information content (AvgIpc) is 2.29. The van der Waals surface area contributed by atoms with Crippen LogP contribution in [0.15, 0.2) is 24.3 Å². The smallest absolute Gasteiger partial charge is 0.0384 e. The fraction of sp³-hybridized carbons (Fsp3) is 0.538. The number of hydrogen-bond donors (Lipinski definition) is 1. The number of anilines is 2. The molecule has 15 heavy (non-hydrogen) atoms. The van der Waals surface area contributed by atoms with Crippen LogP contribution in [-0.2, 0) is 0 Å². The van der Waals surface area contributed by atoms with Crippen LogP contribution in [0.4, 0.5) is 11.4 Å².